The molecule has 4 heteroatoms. The molecule has 1 aliphatic rings. The highest BCUT2D eigenvalue weighted by molar-refractivity contribution is 5.97. The number of carbonyl (C=O) groups excluding carboxylic acids is 2. The van der Waals surface area contributed by atoms with Gasteiger partial charge in [0.1, 0.15) is 0 Å². The maximum absolute atomic E-state index is 12.1. The van der Waals surface area contributed by atoms with Gasteiger partial charge in [-0.25, -0.2) is 0 Å². The van der Waals surface area contributed by atoms with Gasteiger partial charge in [0.2, 0.25) is 11.8 Å². The van der Waals surface area contributed by atoms with Gasteiger partial charge in [-0.15, -0.1) is 0 Å². The summed E-state index contributed by atoms with van der Waals surface area (Å²) in [5.41, 5.74) is 2.99. The van der Waals surface area contributed by atoms with Crippen LogP contribution in [-0.2, 0) is 16.0 Å². The number of fused-ring (bicyclic) bond motifs is 1. The van der Waals surface area contributed by atoms with E-state index in [1.165, 1.54) is 0 Å². The first kappa shape index (κ1) is 15.5. The smallest absolute Gasteiger partial charge is 0.227 e. The van der Waals surface area contributed by atoms with Crippen molar-refractivity contribution in [3.8, 4) is 0 Å². The number of nitrogens with one attached hydrogen (secondary N) is 1. The number of anilines is 2. The average Bonchev–Trinajstić information content (AvgIpc) is 2.46. The van der Waals surface area contributed by atoms with Crippen molar-refractivity contribution in [2.75, 3.05) is 16.8 Å². The number of rotatable bonds is 6. The van der Waals surface area contributed by atoms with E-state index in [0.29, 0.717) is 12.8 Å². The molecular weight excluding hydrogens is 264 g/mol. The van der Waals surface area contributed by atoms with Gasteiger partial charge in [-0.05, 0) is 43.0 Å². The van der Waals surface area contributed by atoms with E-state index >= 15 is 0 Å². The lowest BCUT2D eigenvalue weighted by molar-refractivity contribution is -0.119. The summed E-state index contributed by atoms with van der Waals surface area (Å²) in [5, 5.41) is 2.92. The van der Waals surface area contributed by atoms with Crippen molar-refractivity contribution in [1.82, 2.24) is 0 Å². The summed E-state index contributed by atoms with van der Waals surface area (Å²) in [5.74, 6) is 0.255. The molecule has 0 aliphatic carbocycles. The first-order valence-electron chi connectivity index (χ1n) is 7.88. The molecule has 114 valence electrons. The Morgan fingerprint density at radius 1 is 1.24 bits per heavy atom. The third-order valence-corrected chi connectivity index (χ3v) is 3.78. The number of aryl methyl sites for hydroxylation is 1. The van der Waals surface area contributed by atoms with Gasteiger partial charge in [-0.3, -0.25) is 9.59 Å². The fourth-order valence-electron chi connectivity index (χ4n) is 2.65. The molecule has 2 rings (SSSR count). The largest absolute Gasteiger partial charge is 0.326 e. The highest BCUT2D eigenvalue weighted by atomic mass is 16.2. The molecule has 1 N–H and O–H groups in total. The second-order valence-electron chi connectivity index (χ2n) is 5.54. The van der Waals surface area contributed by atoms with Gasteiger partial charge in [0.25, 0.3) is 0 Å². The molecule has 0 bridgehead atoms. The number of nitrogens with zero attached hydrogens (tertiary/aromatic N) is 1. The molecule has 0 fully saturated rings. The number of benzene rings is 1. The van der Waals surface area contributed by atoms with Crippen molar-refractivity contribution in [3.63, 3.8) is 0 Å². The van der Waals surface area contributed by atoms with E-state index in [-0.39, 0.29) is 11.8 Å². The van der Waals surface area contributed by atoms with Crippen molar-refractivity contribution < 1.29 is 9.59 Å². The molecule has 0 saturated carbocycles. The Labute approximate surface area is 126 Å². The van der Waals surface area contributed by atoms with Crippen LogP contribution in [0.2, 0.25) is 0 Å². The van der Waals surface area contributed by atoms with Gasteiger partial charge in [-0.1, -0.05) is 20.3 Å². The van der Waals surface area contributed by atoms with Gasteiger partial charge in [-0.2, -0.15) is 0 Å². The number of hydrogen-bond acceptors (Lipinski definition) is 2. The van der Waals surface area contributed by atoms with Crippen LogP contribution in [0.1, 0.15) is 51.5 Å². The third kappa shape index (κ3) is 3.84. The van der Waals surface area contributed by atoms with Gasteiger partial charge >= 0.3 is 0 Å². The maximum atomic E-state index is 12.1. The van der Waals surface area contributed by atoms with Crippen molar-refractivity contribution in [3.05, 3.63) is 23.8 Å². The Hall–Kier alpha value is -1.84. The highest BCUT2D eigenvalue weighted by Crippen LogP contribution is 2.30. The van der Waals surface area contributed by atoms with E-state index in [0.717, 1.165) is 49.2 Å². The van der Waals surface area contributed by atoms with Crippen LogP contribution >= 0.6 is 0 Å². The highest BCUT2D eigenvalue weighted by Gasteiger charge is 2.23. The molecule has 1 aromatic rings. The molecule has 0 aromatic heterocycles. The van der Waals surface area contributed by atoms with Crippen molar-refractivity contribution in [2.24, 2.45) is 0 Å². The van der Waals surface area contributed by atoms with E-state index in [2.05, 4.69) is 12.2 Å². The van der Waals surface area contributed by atoms with Crippen LogP contribution < -0.4 is 10.2 Å². The Kier molecular flexibility index (Phi) is 5.37. The summed E-state index contributed by atoms with van der Waals surface area (Å²) in [6.07, 6.45) is 4.79. The molecule has 0 unspecified atom stereocenters. The van der Waals surface area contributed by atoms with E-state index < -0.39 is 0 Å². The topological polar surface area (TPSA) is 49.4 Å². The molecule has 0 saturated heterocycles. The van der Waals surface area contributed by atoms with Gasteiger partial charge in [0, 0.05) is 30.8 Å². The lowest BCUT2D eigenvalue weighted by Crippen LogP contribution is -2.35. The lowest BCUT2D eigenvalue weighted by Gasteiger charge is -2.29. The first-order chi connectivity index (χ1) is 10.2. The fraction of sp³-hybridized carbons (Fsp3) is 0.529. The molecule has 21 heavy (non-hydrogen) atoms. The van der Waals surface area contributed by atoms with E-state index in [1.807, 2.05) is 30.0 Å². The number of unbranched alkanes of at least 4 members (excludes halogenated alkanes) is 1. The molecule has 2 amide bonds. The molecule has 1 aromatic carbocycles. The number of carbonyl (C=O) groups is 2. The van der Waals surface area contributed by atoms with Crippen molar-refractivity contribution in [1.29, 1.82) is 0 Å². The molecule has 0 spiro atoms. The van der Waals surface area contributed by atoms with E-state index in [9.17, 15) is 9.59 Å². The standard InChI is InChI=1S/C17H24N2O2/c1-3-5-11-19-15-9-8-14(18-16(20)6-4-2)12-13(15)7-10-17(19)21/h8-9,12H,3-7,10-11H2,1-2H3,(H,18,20). The van der Waals surface area contributed by atoms with Crippen LogP contribution in [0.3, 0.4) is 0 Å². The van der Waals surface area contributed by atoms with Gasteiger partial charge in [0.05, 0.1) is 0 Å². The Bertz CT molecular complexity index is 526. The fourth-order valence-corrected chi connectivity index (χ4v) is 2.65. The Balaban J connectivity index is 2.16. The second-order valence-corrected chi connectivity index (χ2v) is 5.54. The van der Waals surface area contributed by atoms with Crippen LogP contribution in [0.5, 0.6) is 0 Å². The predicted molar refractivity (Wildman–Crippen MR) is 85.6 cm³/mol. The minimum absolute atomic E-state index is 0.0483. The molecular formula is C17H24N2O2. The normalized spacial score (nSPS) is 14.0. The van der Waals surface area contributed by atoms with E-state index in [4.69, 9.17) is 0 Å². The number of hydrogen-bond donors (Lipinski definition) is 1. The number of amides is 2. The summed E-state index contributed by atoms with van der Waals surface area (Å²) in [6.45, 7) is 4.90. The van der Waals surface area contributed by atoms with Crippen LogP contribution in [0.25, 0.3) is 0 Å². The summed E-state index contributed by atoms with van der Waals surface area (Å²) in [4.78, 5) is 25.6. The Morgan fingerprint density at radius 3 is 2.76 bits per heavy atom. The SMILES string of the molecule is CCCCN1C(=O)CCc2cc(NC(=O)CCC)ccc21. The average molecular weight is 288 g/mol. The molecule has 4 nitrogen and oxygen atoms in total. The third-order valence-electron chi connectivity index (χ3n) is 3.78. The van der Waals surface area contributed by atoms with Crippen LogP contribution in [0.4, 0.5) is 11.4 Å². The summed E-state index contributed by atoms with van der Waals surface area (Å²) >= 11 is 0. The lowest BCUT2D eigenvalue weighted by atomic mass is 10.00. The minimum atomic E-state index is 0.0483. The summed E-state index contributed by atoms with van der Waals surface area (Å²) in [6, 6.07) is 5.86. The summed E-state index contributed by atoms with van der Waals surface area (Å²) in [7, 11) is 0. The quantitative estimate of drug-likeness (QED) is 0.871. The van der Waals surface area contributed by atoms with Crippen LogP contribution in [0, 0.1) is 0 Å². The monoisotopic (exact) mass is 288 g/mol. The Morgan fingerprint density at radius 2 is 2.05 bits per heavy atom. The molecule has 1 aliphatic heterocycles. The maximum Gasteiger partial charge on any atom is 0.227 e. The zero-order valence-electron chi connectivity index (χ0n) is 12.9. The zero-order chi connectivity index (χ0) is 15.2. The molecule has 0 atom stereocenters. The van der Waals surface area contributed by atoms with Gasteiger partial charge < -0.3 is 10.2 Å². The second kappa shape index (κ2) is 7.25. The molecule has 0 radical (unpaired) electrons. The zero-order valence-corrected chi connectivity index (χ0v) is 12.9. The van der Waals surface area contributed by atoms with Crippen LogP contribution in [0.15, 0.2) is 18.2 Å². The van der Waals surface area contributed by atoms with Crippen molar-refractivity contribution >= 4 is 23.2 Å². The molecule has 1 heterocycles. The van der Waals surface area contributed by atoms with Crippen molar-refractivity contribution in [2.45, 2.75) is 52.4 Å². The summed E-state index contributed by atoms with van der Waals surface area (Å²) < 4.78 is 0. The minimum Gasteiger partial charge on any atom is -0.326 e. The first-order valence-corrected chi connectivity index (χ1v) is 7.88. The van der Waals surface area contributed by atoms with Crippen LogP contribution in [-0.4, -0.2) is 18.4 Å². The van der Waals surface area contributed by atoms with E-state index in [1.54, 1.807) is 0 Å². The predicted octanol–water partition coefficient (Wildman–Crippen LogP) is 3.50. The van der Waals surface area contributed by atoms with Gasteiger partial charge in [0.15, 0.2) is 0 Å².